The van der Waals surface area contributed by atoms with Crippen LogP contribution in [0, 0.1) is 12.8 Å². The molecule has 0 aromatic heterocycles. The van der Waals surface area contributed by atoms with E-state index in [4.69, 9.17) is 0 Å². The van der Waals surface area contributed by atoms with Gasteiger partial charge in [0.1, 0.15) is 0 Å². The van der Waals surface area contributed by atoms with Crippen molar-refractivity contribution in [1.29, 1.82) is 0 Å². The van der Waals surface area contributed by atoms with Crippen LogP contribution in [0.2, 0.25) is 0 Å². The summed E-state index contributed by atoms with van der Waals surface area (Å²) in [5.41, 5.74) is 7.30. The summed E-state index contributed by atoms with van der Waals surface area (Å²) in [4.78, 5) is 0. The maximum atomic E-state index is 4.37. The molecule has 0 fully saturated rings. The Morgan fingerprint density at radius 2 is 1.50 bits per heavy atom. The van der Waals surface area contributed by atoms with Gasteiger partial charge in [0.25, 0.3) is 0 Å². The second-order valence-corrected chi connectivity index (χ2v) is 5.88. The van der Waals surface area contributed by atoms with Crippen LogP contribution in [0.25, 0.3) is 11.1 Å². The number of nitrogens with one attached hydrogen (secondary N) is 1. The third kappa shape index (κ3) is 3.30. The minimum atomic E-state index is 0.443. The predicted molar refractivity (Wildman–Crippen MR) is 97.6 cm³/mol. The number of hydrogen-bond donors (Lipinski definition) is 1. The van der Waals surface area contributed by atoms with Gasteiger partial charge < -0.3 is 5.32 Å². The number of aryl methyl sites for hydroxylation is 1. The number of hydrogen-bond acceptors (Lipinski definition) is 1. The maximum absolute atomic E-state index is 4.37. The molecule has 0 atom stereocenters. The minimum absolute atomic E-state index is 0.443. The minimum Gasteiger partial charge on any atom is -0.394 e. The van der Waals surface area contributed by atoms with Gasteiger partial charge in [-0.05, 0) is 46.2 Å². The van der Waals surface area contributed by atoms with E-state index < -0.39 is 0 Å². The first-order chi connectivity index (χ1) is 10.6. The highest BCUT2D eigenvalue weighted by Crippen LogP contribution is 2.33. The highest BCUT2D eigenvalue weighted by Gasteiger charge is 2.14. The summed E-state index contributed by atoms with van der Waals surface area (Å²) in [6.07, 6.45) is 2.09. The first-order valence-electron chi connectivity index (χ1n) is 7.78. The lowest BCUT2D eigenvalue weighted by Crippen LogP contribution is -2.04. The van der Waals surface area contributed by atoms with Crippen LogP contribution in [-0.2, 0) is 0 Å². The summed E-state index contributed by atoms with van der Waals surface area (Å²) in [5, 5.41) is 3.17. The lowest BCUT2D eigenvalue weighted by molar-refractivity contribution is 0.845. The molecule has 2 aromatic rings. The average molecular weight is 291 g/mol. The van der Waals surface area contributed by atoms with Crippen molar-refractivity contribution in [1.82, 2.24) is 5.32 Å². The maximum Gasteiger partial charge on any atom is 0.00278 e. The molecule has 0 saturated heterocycles. The molecular weight excluding hydrogens is 266 g/mol. The molecule has 114 valence electrons. The first-order valence-corrected chi connectivity index (χ1v) is 7.78. The molecule has 0 aliphatic rings. The van der Waals surface area contributed by atoms with Crippen molar-refractivity contribution in [2.24, 2.45) is 5.92 Å². The molecule has 0 radical (unpaired) electrons. The molecule has 0 aliphatic heterocycles. The lowest BCUT2D eigenvalue weighted by atomic mass is 9.86. The molecule has 22 heavy (non-hydrogen) atoms. The second kappa shape index (κ2) is 7.13. The molecule has 0 unspecified atom stereocenters. The fourth-order valence-corrected chi connectivity index (χ4v) is 2.77. The van der Waals surface area contributed by atoms with Crippen LogP contribution in [0.4, 0.5) is 0 Å². The highest BCUT2D eigenvalue weighted by molar-refractivity contribution is 5.87. The van der Waals surface area contributed by atoms with Gasteiger partial charge in [-0.3, -0.25) is 0 Å². The molecule has 0 aliphatic carbocycles. The van der Waals surface area contributed by atoms with E-state index in [1.807, 2.05) is 7.05 Å². The van der Waals surface area contributed by atoms with Crippen LogP contribution in [0.5, 0.6) is 0 Å². The Morgan fingerprint density at radius 3 is 2.05 bits per heavy atom. The molecule has 2 rings (SSSR count). The van der Waals surface area contributed by atoms with E-state index >= 15 is 0 Å². The third-order valence-corrected chi connectivity index (χ3v) is 3.96. The van der Waals surface area contributed by atoms with Crippen LogP contribution in [0.3, 0.4) is 0 Å². The zero-order valence-electron chi connectivity index (χ0n) is 14.0. The van der Waals surface area contributed by atoms with Gasteiger partial charge in [0.05, 0.1) is 0 Å². The van der Waals surface area contributed by atoms with E-state index in [9.17, 15) is 0 Å². The van der Waals surface area contributed by atoms with E-state index in [1.54, 1.807) is 0 Å². The summed E-state index contributed by atoms with van der Waals surface area (Å²) in [5.74, 6) is 0.443. The predicted octanol–water partition coefficient (Wildman–Crippen LogP) is 5.27. The summed E-state index contributed by atoms with van der Waals surface area (Å²) in [6.45, 7) is 10.9. The summed E-state index contributed by atoms with van der Waals surface area (Å²) in [6, 6.07) is 16.9. The Labute approximate surface area is 134 Å². The van der Waals surface area contributed by atoms with Crippen LogP contribution in [0.1, 0.15) is 36.1 Å². The molecule has 0 bridgehead atoms. The average Bonchev–Trinajstić information content (AvgIpc) is 2.52. The number of rotatable bonds is 5. The Hall–Kier alpha value is -2.28. The van der Waals surface area contributed by atoms with Gasteiger partial charge in [-0.25, -0.2) is 0 Å². The highest BCUT2D eigenvalue weighted by atomic mass is 14.8. The van der Waals surface area contributed by atoms with E-state index in [1.165, 1.54) is 27.8 Å². The van der Waals surface area contributed by atoms with Gasteiger partial charge in [0, 0.05) is 13.2 Å². The van der Waals surface area contributed by atoms with E-state index in [0.29, 0.717) is 5.92 Å². The standard InChI is InChI=1S/C21H25N/c1-15(2)21(14-22-5)20-13-9-8-12-19(20)17(4)18-11-7-6-10-16(18)3/h6-15,22H,4H2,1-3,5H3/b21-14-. The fourth-order valence-electron chi connectivity index (χ4n) is 2.77. The van der Waals surface area contributed by atoms with Crippen molar-refractivity contribution in [3.8, 4) is 0 Å². The second-order valence-electron chi connectivity index (χ2n) is 5.88. The molecule has 0 amide bonds. The van der Waals surface area contributed by atoms with Crippen LogP contribution in [-0.4, -0.2) is 7.05 Å². The quantitative estimate of drug-likeness (QED) is 0.791. The van der Waals surface area contributed by atoms with Crippen LogP contribution >= 0.6 is 0 Å². The third-order valence-electron chi connectivity index (χ3n) is 3.96. The van der Waals surface area contributed by atoms with E-state index in [2.05, 4.69) is 87.4 Å². The Bertz CT molecular complexity index is 693. The fraction of sp³-hybridized carbons (Fsp3) is 0.238. The molecule has 1 N–H and O–H groups in total. The van der Waals surface area contributed by atoms with Gasteiger partial charge in [-0.2, -0.15) is 0 Å². The van der Waals surface area contributed by atoms with Gasteiger partial charge in [-0.1, -0.05) is 69.0 Å². The number of allylic oxidation sites excluding steroid dienone is 1. The van der Waals surface area contributed by atoms with Crippen molar-refractivity contribution in [3.05, 3.63) is 83.6 Å². The van der Waals surface area contributed by atoms with Crippen molar-refractivity contribution < 1.29 is 0 Å². The SMILES string of the molecule is C=C(c1ccccc1C)c1ccccc1/C(=C\NC)C(C)C. The smallest absolute Gasteiger partial charge is 0.00278 e. The summed E-state index contributed by atoms with van der Waals surface area (Å²) >= 11 is 0. The van der Waals surface area contributed by atoms with Crippen molar-refractivity contribution in [2.45, 2.75) is 20.8 Å². The Kier molecular flexibility index (Phi) is 5.21. The van der Waals surface area contributed by atoms with Crippen LogP contribution in [0.15, 0.2) is 61.3 Å². The molecule has 0 spiro atoms. The van der Waals surface area contributed by atoms with Crippen molar-refractivity contribution in [2.75, 3.05) is 7.05 Å². The largest absolute Gasteiger partial charge is 0.394 e. The normalized spacial score (nSPS) is 11.6. The van der Waals surface area contributed by atoms with Gasteiger partial charge in [0.15, 0.2) is 0 Å². The van der Waals surface area contributed by atoms with Gasteiger partial charge >= 0.3 is 0 Å². The van der Waals surface area contributed by atoms with Gasteiger partial charge in [0.2, 0.25) is 0 Å². The molecular formula is C21H25N. The Morgan fingerprint density at radius 1 is 0.955 bits per heavy atom. The van der Waals surface area contributed by atoms with Gasteiger partial charge in [-0.15, -0.1) is 0 Å². The first kappa shape index (κ1) is 16.1. The summed E-state index contributed by atoms with van der Waals surface area (Å²) < 4.78 is 0. The van der Waals surface area contributed by atoms with Crippen LogP contribution < -0.4 is 5.32 Å². The van der Waals surface area contributed by atoms with Crippen molar-refractivity contribution >= 4 is 11.1 Å². The van der Waals surface area contributed by atoms with Crippen molar-refractivity contribution in [3.63, 3.8) is 0 Å². The zero-order chi connectivity index (χ0) is 16.1. The monoisotopic (exact) mass is 291 g/mol. The molecule has 0 heterocycles. The Balaban J connectivity index is 2.56. The van der Waals surface area contributed by atoms with E-state index in [0.717, 1.165) is 5.57 Å². The van der Waals surface area contributed by atoms with E-state index in [-0.39, 0.29) is 0 Å². The topological polar surface area (TPSA) is 12.0 Å². The molecule has 1 nitrogen and oxygen atoms in total. The molecule has 2 aromatic carbocycles. The molecule has 0 saturated carbocycles. The molecule has 1 heteroatoms. The zero-order valence-corrected chi connectivity index (χ0v) is 14.0. The summed E-state index contributed by atoms with van der Waals surface area (Å²) in [7, 11) is 1.95. The lowest BCUT2D eigenvalue weighted by Gasteiger charge is -2.18. The number of benzene rings is 2.